The molecule has 1 aliphatic heterocycles. The maximum Gasteiger partial charge on any atom is 0.326 e. The SMILES string of the molecule is CC(C)NC[C@H](O)COc1cccc2[nH]c3cc(C(=O)NCCCC[C@H](N[C@@H](C)C(=O)N4CCC[C@H]4C(=O)O)C(=O)O)ccc3c12. The minimum Gasteiger partial charge on any atom is -0.490 e. The molecule has 0 spiro atoms. The van der Waals surface area contributed by atoms with Gasteiger partial charge in [-0.2, -0.15) is 0 Å². The molecule has 1 fully saturated rings. The van der Waals surface area contributed by atoms with E-state index in [2.05, 4.69) is 20.9 Å². The van der Waals surface area contributed by atoms with E-state index in [0.29, 0.717) is 56.6 Å². The van der Waals surface area contributed by atoms with E-state index >= 15 is 0 Å². The molecule has 250 valence electrons. The molecule has 1 aromatic heterocycles. The molecule has 1 aliphatic rings. The number of carboxylic acids is 2. The van der Waals surface area contributed by atoms with Crippen molar-refractivity contribution in [3.63, 3.8) is 0 Å². The minimum atomic E-state index is -1.10. The first-order valence-corrected chi connectivity index (χ1v) is 15.8. The summed E-state index contributed by atoms with van der Waals surface area (Å²) in [5.74, 6) is -2.20. The predicted octanol–water partition coefficient (Wildman–Crippen LogP) is 2.47. The highest BCUT2D eigenvalue weighted by atomic mass is 16.5. The van der Waals surface area contributed by atoms with Crippen LogP contribution in [0, 0.1) is 0 Å². The number of unbranched alkanes of at least 4 members (excludes halogenated alkanes) is 1. The number of nitrogens with zero attached hydrogens (tertiary/aromatic N) is 1. The Morgan fingerprint density at radius 3 is 2.57 bits per heavy atom. The maximum atomic E-state index is 12.9. The number of carbonyl (C=O) groups excluding carboxylic acids is 2. The van der Waals surface area contributed by atoms with Crippen LogP contribution in [-0.4, -0.2) is 105 Å². The van der Waals surface area contributed by atoms with Gasteiger partial charge in [0.15, 0.2) is 0 Å². The van der Waals surface area contributed by atoms with Crippen LogP contribution >= 0.6 is 0 Å². The number of aliphatic hydroxyl groups is 1. The Kier molecular flexibility index (Phi) is 12.0. The van der Waals surface area contributed by atoms with Crippen molar-refractivity contribution in [3.8, 4) is 5.75 Å². The first kappa shape index (κ1) is 34.7. The average Bonchev–Trinajstić information content (AvgIpc) is 3.66. The number of carboxylic acid groups (broad SMARTS) is 2. The van der Waals surface area contributed by atoms with Crippen LogP contribution in [0.5, 0.6) is 5.75 Å². The van der Waals surface area contributed by atoms with E-state index in [1.54, 1.807) is 19.1 Å². The van der Waals surface area contributed by atoms with Gasteiger partial charge in [-0.3, -0.25) is 19.7 Å². The van der Waals surface area contributed by atoms with Crippen molar-refractivity contribution in [3.05, 3.63) is 42.0 Å². The third-order valence-corrected chi connectivity index (χ3v) is 8.19. The van der Waals surface area contributed by atoms with Crippen LogP contribution in [0.3, 0.4) is 0 Å². The molecular weight excluding hydrogens is 594 g/mol. The fourth-order valence-corrected chi connectivity index (χ4v) is 5.77. The molecule has 2 aromatic carbocycles. The molecule has 13 nitrogen and oxygen atoms in total. The first-order chi connectivity index (χ1) is 22.0. The fourth-order valence-electron chi connectivity index (χ4n) is 5.77. The predicted molar refractivity (Wildman–Crippen MR) is 173 cm³/mol. The molecule has 2 heterocycles. The molecule has 0 radical (unpaired) electrons. The van der Waals surface area contributed by atoms with Crippen LogP contribution in [0.2, 0.25) is 0 Å². The van der Waals surface area contributed by atoms with Gasteiger partial charge in [0.2, 0.25) is 5.91 Å². The van der Waals surface area contributed by atoms with Gasteiger partial charge in [-0.15, -0.1) is 0 Å². The summed E-state index contributed by atoms with van der Waals surface area (Å²) in [4.78, 5) is 53.6. The van der Waals surface area contributed by atoms with E-state index in [0.717, 1.165) is 21.8 Å². The number of aromatic nitrogens is 1. The Bertz CT molecular complexity index is 1540. The van der Waals surface area contributed by atoms with Crippen molar-refractivity contribution < 1.29 is 39.2 Å². The zero-order valence-corrected chi connectivity index (χ0v) is 26.5. The molecule has 0 saturated carbocycles. The van der Waals surface area contributed by atoms with Crippen LogP contribution in [0.1, 0.15) is 63.2 Å². The summed E-state index contributed by atoms with van der Waals surface area (Å²) in [5.41, 5.74) is 2.08. The summed E-state index contributed by atoms with van der Waals surface area (Å²) in [7, 11) is 0. The lowest BCUT2D eigenvalue weighted by atomic mass is 10.1. The summed E-state index contributed by atoms with van der Waals surface area (Å²) < 4.78 is 5.96. The van der Waals surface area contributed by atoms with E-state index in [1.807, 2.05) is 38.1 Å². The van der Waals surface area contributed by atoms with Gasteiger partial charge < -0.3 is 40.6 Å². The van der Waals surface area contributed by atoms with E-state index < -0.39 is 42.1 Å². The second-order valence-electron chi connectivity index (χ2n) is 12.2. The smallest absolute Gasteiger partial charge is 0.326 e. The number of ether oxygens (including phenoxy) is 1. The quantitative estimate of drug-likeness (QED) is 0.108. The van der Waals surface area contributed by atoms with Gasteiger partial charge in [0.1, 0.15) is 30.5 Å². The summed E-state index contributed by atoms with van der Waals surface area (Å²) in [5, 5.41) is 40.0. The van der Waals surface area contributed by atoms with Gasteiger partial charge >= 0.3 is 11.9 Å². The number of hydrogen-bond acceptors (Lipinski definition) is 8. The van der Waals surface area contributed by atoms with Gasteiger partial charge in [0, 0.05) is 47.5 Å². The number of aliphatic carboxylic acids is 2. The van der Waals surface area contributed by atoms with Gasteiger partial charge in [0.05, 0.1) is 11.6 Å². The fraction of sp³-hybridized carbons (Fsp3) is 0.515. The first-order valence-electron chi connectivity index (χ1n) is 15.8. The van der Waals surface area contributed by atoms with Crippen molar-refractivity contribution in [2.75, 3.05) is 26.2 Å². The lowest BCUT2D eigenvalue weighted by Gasteiger charge is -2.27. The molecule has 7 N–H and O–H groups in total. The lowest BCUT2D eigenvalue weighted by molar-refractivity contribution is -0.149. The largest absolute Gasteiger partial charge is 0.490 e. The van der Waals surface area contributed by atoms with Crippen LogP contribution in [0.4, 0.5) is 0 Å². The lowest BCUT2D eigenvalue weighted by Crippen LogP contribution is -2.53. The van der Waals surface area contributed by atoms with Crippen LogP contribution in [-0.2, 0) is 14.4 Å². The molecule has 0 aliphatic carbocycles. The number of nitrogens with one attached hydrogen (secondary N) is 4. The highest BCUT2D eigenvalue weighted by Crippen LogP contribution is 2.33. The van der Waals surface area contributed by atoms with Crippen molar-refractivity contribution in [1.29, 1.82) is 0 Å². The number of carbonyl (C=O) groups is 4. The van der Waals surface area contributed by atoms with Gasteiger partial charge in [-0.05, 0) is 63.3 Å². The van der Waals surface area contributed by atoms with Gasteiger partial charge in [-0.25, -0.2) is 4.79 Å². The molecule has 1 saturated heterocycles. The van der Waals surface area contributed by atoms with E-state index in [-0.39, 0.29) is 25.0 Å². The van der Waals surface area contributed by atoms with Crippen molar-refractivity contribution >= 4 is 45.6 Å². The van der Waals surface area contributed by atoms with Gasteiger partial charge in [-0.1, -0.05) is 26.0 Å². The summed E-state index contributed by atoms with van der Waals surface area (Å²) >= 11 is 0. The van der Waals surface area contributed by atoms with Crippen molar-refractivity contribution in [2.45, 2.75) is 83.1 Å². The van der Waals surface area contributed by atoms with Crippen LogP contribution < -0.4 is 20.7 Å². The minimum absolute atomic E-state index is 0.137. The molecule has 0 bridgehead atoms. The third kappa shape index (κ3) is 8.74. The number of H-pyrrole nitrogens is 1. The second kappa shape index (κ2) is 15.9. The van der Waals surface area contributed by atoms with Gasteiger partial charge in [0.25, 0.3) is 5.91 Å². The molecule has 3 aromatic rings. The normalized spacial score (nSPS) is 16.9. The molecule has 0 unspecified atom stereocenters. The number of likely N-dealkylation sites (tertiary alicyclic amines) is 1. The summed E-state index contributed by atoms with van der Waals surface area (Å²) in [6.07, 6.45) is 1.57. The number of amides is 2. The van der Waals surface area contributed by atoms with Crippen LogP contribution in [0.15, 0.2) is 36.4 Å². The molecule has 46 heavy (non-hydrogen) atoms. The topological polar surface area (TPSA) is 193 Å². The van der Waals surface area contributed by atoms with E-state index in [9.17, 15) is 34.5 Å². The standard InChI is InChI=1S/C33H45N5O8/c1-19(2)35-17-22(39)18-46-28-11-6-9-24-29(28)23-13-12-21(16-26(23)37-24)30(40)34-14-5-4-8-25(32(42)43)36-20(3)31(41)38-15-7-10-27(38)33(44)45/h6,9,11-13,16,19-20,22,25,27,35-37,39H,4-5,7-8,10,14-15,17-18H2,1-3H3,(H,34,40)(H,42,43)(H,44,45)/t20-,22-,25-,27-/m0/s1. The second-order valence-corrected chi connectivity index (χ2v) is 12.2. The van der Waals surface area contributed by atoms with E-state index in [1.165, 1.54) is 4.90 Å². The molecule has 4 rings (SSSR count). The molecule has 4 atom stereocenters. The Balaban J connectivity index is 1.27. The monoisotopic (exact) mass is 639 g/mol. The zero-order chi connectivity index (χ0) is 33.4. The van der Waals surface area contributed by atoms with Crippen molar-refractivity contribution in [2.24, 2.45) is 0 Å². The highest BCUT2D eigenvalue weighted by Gasteiger charge is 2.36. The Labute approximate surface area is 267 Å². The van der Waals surface area contributed by atoms with Crippen molar-refractivity contribution in [1.82, 2.24) is 25.8 Å². The Morgan fingerprint density at radius 1 is 1.07 bits per heavy atom. The number of benzene rings is 2. The maximum absolute atomic E-state index is 12.9. The number of rotatable bonds is 17. The van der Waals surface area contributed by atoms with Crippen LogP contribution in [0.25, 0.3) is 21.8 Å². The number of hydrogen-bond donors (Lipinski definition) is 7. The highest BCUT2D eigenvalue weighted by molar-refractivity contribution is 6.12. The average molecular weight is 640 g/mol. The third-order valence-electron chi connectivity index (χ3n) is 8.19. The summed E-state index contributed by atoms with van der Waals surface area (Å²) in [6, 6.07) is 8.56. The summed E-state index contributed by atoms with van der Waals surface area (Å²) in [6.45, 7) is 6.80. The zero-order valence-electron chi connectivity index (χ0n) is 26.5. The molecular formula is C33H45N5O8. The number of aliphatic hydroxyl groups excluding tert-OH is 1. The van der Waals surface area contributed by atoms with E-state index in [4.69, 9.17) is 4.74 Å². The Morgan fingerprint density at radius 2 is 1.85 bits per heavy atom. The number of aromatic amines is 1. The molecule has 13 heteroatoms. The Hall–Kier alpha value is -4.20. The number of fused-ring (bicyclic) bond motifs is 3. The molecule has 2 amide bonds.